The highest BCUT2D eigenvalue weighted by Crippen LogP contribution is 2.28. The number of para-hydroxylation sites is 2. The number of amides is 1. The summed E-state index contributed by atoms with van der Waals surface area (Å²) in [5.41, 5.74) is 9.63. The van der Waals surface area contributed by atoms with Gasteiger partial charge in [-0.15, -0.1) is 0 Å². The van der Waals surface area contributed by atoms with Crippen molar-refractivity contribution in [2.75, 3.05) is 12.3 Å². The molecule has 7 nitrogen and oxygen atoms in total. The fourth-order valence-corrected chi connectivity index (χ4v) is 3.28. The second-order valence-corrected chi connectivity index (χ2v) is 7.80. The predicted molar refractivity (Wildman–Crippen MR) is 121 cm³/mol. The Balaban J connectivity index is 1.89. The molecule has 0 saturated heterocycles. The Hall–Kier alpha value is -3.45. The number of nitrogens with zero attached hydrogens (tertiary/aromatic N) is 4. The molecule has 0 atom stereocenters. The Morgan fingerprint density at radius 2 is 1.93 bits per heavy atom. The van der Waals surface area contributed by atoms with Crippen LogP contribution in [0, 0.1) is 5.92 Å². The fraction of sp³-hybridized carbons (Fsp3) is 0.182. The van der Waals surface area contributed by atoms with Gasteiger partial charge in [-0.25, -0.2) is 9.97 Å². The quantitative estimate of drug-likeness (QED) is 0.475. The van der Waals surface area contributed by atoms with Crippen LogP contribution in [-0.4, -0.2) is 33.3 Å². The van der Waals surface area contributed by atoms with E-state index in [9.17, 15) is 4.79 Å². The number of hydrogen-bond acceptors (Lipinski definition) is 5. The van der Waals surface area contributed by atoms with Gasteiger partial charge in [-0.1, -0.05) is 49.7 Å². The summed E-state index contributed by atoms with van der Waals surface area (Å²) in [6, 6.07) is 14.7. The zero-order valence-electron chi connectivity index (χ0n) is 16.6. The number of rotatable bonds is 5. The van der Waals surface area contributed by atoms with Gasteiger partial charge < -0.3 is 11.1 Å². The molecule has 0 aliphatic carbocycles. The van der Waals surface area contributed by atoms with Crippen LogP contribution in [0.5, 0.6) is 0 Å². The number of halogens is 1. The van der Waals surface area contributed by atoms with E-state index >= 15 is 0 Å². The van der Waals surface area contributed by atoms with Crippen molar-refractivity contribution in [2.24, 2.45) is 11.0 Å². The lowest BCUT2D eigenvalue weighted by Gasteiger charge is -2.07. The van der Waals surface area contributed by atoms with Crippen LogP contribution in [0.25, 0.3) is 22.2 Å². The van der Waals surface area contributed by atoms with Crippen LogP contribution in [0.15, 0.2) is 53.6 Å². The molecule has 0 unspecified atom stereocenters. The van der Waals surface area contributed by atoms with Gasteiger partial charge in [-0.2, -0.15) is 9.78 Å². The standard InChI is InChI=1S/C22H21ClN6O/c1-13(2)11-25-22(30)18-19-21(28-17-9-4-3-8-16(17)27-19)29(20(18)24)26-12-14-6-5-7-15(23)10-14/h3-10,12-13H,11,24H2,1-2H3,(H,25,30). The van der Waals surface area contributed by atoms with E-state index in [0.717, 1.165) is 5.56 Å². The molecule has 0 saturated carbocycles. The van der Waals surface area contributed by atoms with Crippen molar-refractivity contribution in [3.63, 3.8) is 0 Å². The molecule has 0 bridgehead atoms. The van der Waals surface area contributed by atoms with E-state index in [0.29, 0.717) is 39.7 Å². The Morgan fingerprint density at radius 1 is 1.20 bits per heavy atom. The average molecular weight is 421 g/mol. The van der Waals surface area contributed by atoms with Gasteiger partial charge in [0.1, 0.15) is 16.9 Å². The van der Waals surface area contributed by atoms with Gasteiger partial charge in [-0.3, -0.25) is 4.79 Å². The molecule has 0 aliphatic rings. The van der Waals surface area contributed by atoms with Crippen molar-refractivity contribution in [1.29, 1.82) is 0 Å². The molecule has 0 fully saturated rings. The summed E-state index contributed by atoms with van der Waals surface area (Å²) in [7, 11) is 0. The van der Waals surface area contributed by atoms with E-state index in [1.165, 1.54) is 4.68 Å². The number of nitrogens with one attached hydrogen (secondary N) is 1. The van der Waals surface area contributed by atoms with Gasteiger partial charge in [0.25, 0.3) is 5.91 Å². The molecule has 4 rings (SSSR count). The number of anilines is 1. The van der Waals surface area contributed by atoms with E-state index in [4.69, 9.17) is 17.3 Å². The number of nitrogen functional groups attached to an aromatic ring is 1. The smallest absolute Gasteiger partial charge is 0.257 e. The molecule has 1 amide bonds. The van der Waals surface area contributed by atoms with Crippen LogP contribution in [0.2, 0.25) is 5.02 Å². The summed E-state index contributed by atoms with van der Waals surface area (Å²) < 4.78 is 1.44. The highest BCUT2D eigenvalue weighted by atomic mass is 35.5. The van der Waals surface area contributed by atoms with Crippen molar-refractivity contribution in [3.8, 4) is 0 Å². The third kappa shape index (κ3) is 3.84. The first-order valence-electron chi connectivity index (χ1n) is 9.59. The van der Waals surface area contributed by atoms with E-state index in [2.05, 4.69) is 20.4 Å². The molecule has 0 aliphatic heterocycles. The molecular weight excluding hydrogens is 400 g/mol. The molecule has 4 aromatic rings. The highest BCUT2D eigenvalue weighted by Gasteiger charge is 2.24. The second-order valence-electron chi connectivity index (χ2n) is 7.36. The Morgan fingerprint density at radius 3 is 2.63 bits per heavy atom. The minimum Gasteiger partial charge on any atom is -0.383 e. The number of hydrogen-bond donors (Lipinski definition) is 2. The Kier molecular flexibility index (Phi) is 5.37. The fourth-order valence-electron chi connectivity index (χ4n) is 3.08. The highest BCUT2D eigenvalue weighted by molar-refractivity contribution is 6.30. The van der Waals surface area contributed by atoms with Gasteiger partial charge >= 0.3 is 0 Å². The molecule has 2 heterocycles. The average Bonchev–Trinajstić information content (AvgIpc) is 2.99. The molecule has 0 spiro atoms. The van der Waals surface area contributed by atoms with Crippen molar-refractivity contribution in [3.05, 3.63) is 64.7 Å². The SMILES string of the molecule is CC(C)CNC(=O)c1c(N)n(N=Cc2cccc(Cl)c2)c2nc3ccccc3nc12. The predicted octanol–water partition coefficient (Wildman–Crippen LogP) is 4.09. The van der Waals surface area contributed by atoms with Gasteiger partial charge in [-0.05, 0) is 35.7 Å². The maximum Gasteiger partial charge on any atom is 0.257 e. The largest absolute Gasteiger partial charge is 0.383 e. The van der Waals surface area contributed by atoms with Crippen LogP contribution < -0.4 is 11.1 Å². The van der Waals surface area contributed by atoms with E-state index in [1.54, 1.807) is 18.3 Å². The summed E-state index contributed by atoms with van der Waals surface area (Å²) in [6.07, 6.45) is 1.62. The normalized spacial score (nSPS) is 11.7. The van der Waals surface area contributed by atoms with Crippen molar-refractivity contribution < 1.29 is 4.79 Å². The number of fused-ring (bicyclic) bond motifs is 2. The molecule has 2 aromatic carbocycles. The Labute approximate surface area is 178 Å². The third-order valence-corrected chi connectivity index (χ3v) is 4.78. The Bertz CT molecular complexity index is 1280. The second kappa shape index (κ2) is 8.12. The minimum atomic E-state index is -0.299. The lowest BCUT2D eigenvalue weighted by molar-refractivity contribution is 0.0951. The minimum absolute atomic E-state index is 0.180. The third-order valence-electron chi connectivity index (χ3n) is 4.54. The topological polar surface area (TPSA) is 98.2 Å². The monoisotopic (exact) mass is 420 g/mol. The molecule has 152 valence electrons. The summed E-state index contributed by atoms with van der Waals surface area (Å²) in [6.45, 7) is 4.57. The van der Waals surface area contributed by atoms with Crippen LogP contribution in [0.4, 0.5) is 5.82 Å². The first kappa shape index (κ1) is 19.8. The summed E-state index contributed by atoms with van der Waals surface area (Å²) in [5, 5.41) is 7.98. The zero-order valence-corrected chi connectivity index (χ0v) is 17.4. The number of carbonyl (C=O) groups excluding carboxylic acids is 1. The number of carbonyl (C=O) groups is 1. The number of aromatic nitrogens is 3. The van der Waals surface area contributed by atoms with Crippen LogP contribution >= 0.6 is 11.6 Å². The van der Waals surface area contributed by atoms with Crippen LogP contribution in [-0.2, 0) is 0 Å². The van der Waals surface area contributed by atoms with Gasteiger partial charge in [0.15, 0.2) is 5.65 Å². The number of nitrogens with two attached hydrogens (primary N) is 1. The van der Waals surface area contributed by atoms with Crippen molar-refractivity contribution in [1.82, 2.24) is 20.0 Å². The summed E-state index contributed by atoms with van der Waals surface area (Å²) >= 11 is 6.06. The maximum atomic E-state index is 12.9. The van der Waals surface area contributed by atoms with Crippen molar-refractivity contribution >= 4 is 51.7 Å². The van der Waals surface area contributed by atoms with Gasteiger partial charge in [0, 0.05) is 11.6 Å². The molecule has 0 radical (unpaired) electrons. The molecular formula is C22H21ClN6O. The summed E-state index contributed by atoms with van der Waals surface area (Å²) in [4.78, 5) is 22.2. The maximum absolute atomic E-state index is 12.9. The molecule has 3 N–H and O–H groups in total. The molecule has 30 heavy (non-hydrogen) atoms. The summed E-state index contributed by atoms with van der Waals surface area (Å²) in [5.74, 6) is 0.184. The molecule has 2 aromatic heterocycles. The first-order chi connectivity index (χ1) is 14.4. The van der Waals surface area contributed by atoms with Gasteiger partial charge in [0.2, 0.25) is 0 Å². The van der Waals surface area contributed by atoms with Gasteiger partial charge in [0.05, 0.1) is 17.2 Å². The van der Waals surface area contributed by atoms with E-state index in [1.807, 2.05) is 50.2 Å². The van der Waals surface area contributed by atoms with Crippen molar-refractivity contribution in [2.45, 2.75) is 13.8 Å². The molecule has 8 heteroatoms. The lowest BCUT2D eigenvalue weighted by Crippen LogP contribution is -2.28. The van der Waals surface area contributed by atoms with Crippen LogP contribution in [0.1, 0.15) is 29.8 Å². The first-order valence-corrected chi connectivity index (χ1v) is 9.96. The number of benzene rings is 2. The zero-order chi connectivity index (χ0) is 21.3. The lowest BCUT2D eigenvalue weighted by atomic mass is 10.2. The van der Waals surface area contributed by atoms with E-state index < -0.39 is 0 Å². The van der Waals surface area contributed by atoms with Crippen LogP contribution in [0.3, 0.4) is 0 Å². The van der Waals surface area contributed by atoms with E-state index in [-0.39, 0.29) is 17.3 Å².